The molecule has 82 valence electrons. The molecule has 3 nitrogen and oxygen atoms in total. The summed E-state index contributed by atoms with van der Waals surface area (Å²) < 4.78 is 5.24. The van der Waals surface area contributed by atoms with E-state index in [0.29, 0.717) is 0 Å². The van der Waals surface area contributed by atoms with Gasteiger partial charge >= 0.3 is 5.97 Å². The SMILES string of the molecule is CC(C)OC(=O)C1(C)CCCCC1N. The van der Waals surface area contributed by atoms with Crippen molar-refractivity contribution in [1.29, 1.82) is 0 Å². The van der Waals surface area contributed by atoms with Gasteiger partial charge in [-0.3, -0.25) is 4.79 Å². The molecule has 1 fully saturated rings. The Bertz CT molecular complexity index is 215. The fraction of sp³-hybridized carbons (Fsp3) is 0.909. The van der Waals surface area contributed by atoms with Gasteiger partial charge in [0, 0.05) is 6.04 Å². The van der Waals surface area contributed by atoms with Crippen LogP contribution in [0.15, 0.2) is 0 Å². The normalized spacial score (nSPS) is 33.1. The van der Waals surface area contributed by atoms with Crippen molar-refractivity contribution in [3.8, 4) is 0 Å². The molecule has 1 aliphatic carbocycles. The van der Waals surface area contributed by atoms with Crippen LogP contribution < -0.4 is 5.73 Å². The Hall–Kier alpha value is -0.570. The fourth-order valence-corrected chi connectivity index (χ4v) is 1.96. The van der Waals surface area contributed by atoms with Crippen LogP contribution >= 0.6 is 0 Å². The minimum atomic E-state index is -0.456. The Balaban J connectivity index is 2.66. The van der Waals surface area contributed by atoms with E-state index in [1.165, 1.54) is 0 Å². The molecule has 0 saturated heterocycles. The summed E-state index contributed by atoms with van der Waals surface area (Å²) >= 11 is 0. The molecule has 2 N–H and O–H groups in total. The molecule has 0 aromatic rings. The summed E-state index contributed by atoms with van der Waals surface area (Å²) in [6, 6.07) is -0.0394. The summed E-state index contributed by atoms with van der Waals surface area (Å²) in [5.41, 5.74) is 5.53. The highest BCUT2D eigenvalue weighted by Crippen LogP contribution is 2.36. The second-order valence-electron chi connectivity index (χ2n) is 4.72. The lowest BCUT2D eigenvalue weighted by Crippen LogP contribution is -2.48. The number of esters is 1. The molecule has 0 aromatic carbocycles. The van der Waals surface area contributed by atoms with Crippen molar-refractivity contribution in [2.24, 2.45) is 11.1 Å². The number of hydrogen-bond donors (Lipinski definition) is 1. The third-order valence-corrected chi connectivity index (χ3v) is 3.09. The first-order valence-corrected chi connectivity index (χ1v) is 5.43. The van der Waals surface area contributed by atoms with E-state index in [4.69, 9.17) is 10.5 Å². The van der Waals surface area contributed by atoms with Crippen LogP contribution in [0.5, 0.6) is 0 Å². The largest absolute Gasteiger partial charge is 0.463 e. The van der Waals surface area contributed by atoms with Gasteiger partial charge in [0.1, 0.15) is 0 Å². The molecule has 3 heteroatoms. The predicted molar refractivity (Wildman–Crippen MR) is 55.8 cm³/mol. The quantitative estimate of drug-likeness (QED) is 0.690. The lowest BCUT2D eigenvalue weighted by molar-refractivity contribution is -0.162. The van der Waals surface area contributed by atoms with E-state index in [-0.39, 0.29) is 18.1 Å². The van der Waals surface area contributed by atoms with Crippen molar-refractivity contribution < 1.29 is 9.53 Å². The highest BCUT2D eigenvalue weighted by Gasteiger charge is 2.42. The Morgan fingerprint density at radius 1 is 1.50 bits per heavy atom. The van der Waals surface area contributed by atoms with Crippen LogP contribution in [-0.2, 0) is 9.53 Å². The summed E-state index contributed by atoms with van der Waals surface area (Å²) in [6.45, 7) is 5.67. The molecule has 0 spiro atoms. The lowest BCUT2D eigenvalue weighted by Gasteiger charge is -2.37. The standard InChI is InChI=1S/C11H21NO2/c1-8(2)14-10(13)11(3)7-5-4-6-9(11)12/h8-9H,4-7,12H2,1-3H3. The number of carbonyl (C=O) groups is 1. The molecule has 2 unspecified atom stereocenters. The van der Waals surface area contributed by atoms with Crippen molar-refractivity contribution in [3.63, 3.8) is 0 Å². The van der Waals surface area contributed by atoms with Gasteiger partial charge in [-0.15, -0.1) is 0 Å². The van der Waals surface area contributed by atoms with Crippen LogP contribution in [0, 0.1) is 5.41 Å². The minimum absolute atomic E-state index is 0.0394. The maximum Gasteiger partial charge on any atom is 0.313 e. The maximum atomic E-state index is 11.8. The van der Waals surface area contributed by atoms with E-state index in [1.54, 1.807) is 0 Å². The van der Waals surface area contributed by atoms with Crippen molar-refractivity contribution in [1.82, 2.24) is 0 Å². The molecule has 2 atom stereocenters. The van der Waals surface area contributed by atoms with Crippen molar-refractivity contribution in [2.75, 3.05) is 0 Å². The summed E-state index contributed by atoms with van der Waals surface area (Å²) in [5.74, 6) is -0.125. The molecule has 1 rings (SSSR count). The first-order valence-electron chi connectivity index (χ1n) is 5.43. The molecule has 1 aliphatic rings. The fourth-order valence-electron chi connectivity index (χ4n) is 1.96. The average molecular weight is 199 g/mol. The lowest BCUT2D eigenvalue weighted by atomic mass is 9.72. The van der Waals surface area contributed by atoms with E-state index in [2.05, 4.69) is 0 Å². The first kappa shape index (κ1) is 11.5. The molecule has 0 bridgehead atoms. The third kappa shape index (κ3) is 2.27. The second-order valence-corrected chi connectivity index (χ2v) is 4.72. The first-order chi connectivity index (χ1) is 6.47. The van der Waals surface area contributed by atoms with Gasteiger partial charge in [-0.05, 0) is 33.6 Å². The van der Waals surface area contributed by atoms with E-state index < -0.39 is 5.41 Å². The number of ether oxygens (including phenoxy) is 1. The van der Waals surface area contributed by atoms with Gasteiger partial charge in [-0.25, -0.2) is 0 Å². The van der Waals surface area contributed by atoms with Crippen LogP contribution in [-0.4, -0.2) is 18.1 Å². The molecule has 1 saturated carbocycles. The van der Waals surface area contributed by atoms with Crippen molar-refractivity contribution >= 4 is 5.97 Å². The third-order valence-electron chi connectivity index (χ3n) is 3.09. The Labute approximate surface area is 86.0 Å². The zero-order valence-electron chi connectivity index (χ0n) is 9.38. The number of rotatable bonds is 2. The van der Waals surface area contributed by atoms with Gasteiger partial charge < -0.3 is 10.5 Å². The Morgan fingerprint density at radius 2 is 2.14 bits per heavy atom. The molecular formula is C11H21NO2. The van der Waals surface area contributed by atoms with Crippen LogP contribution in [0.3, 0.4) is 0 Å². The van der Waals surface area contributed by atoms with Gasteiger partial charge in [-0.1, -0.05) is 12.8 Å². The summed E-state index contributed by atoms with van der Waals surface area (Å²) in [6.07, 6.45) is 3.96. The van der Waals surface area contributed by atoms with Gasteiger partial charge in [0.15, 0.2) is 0 Å². The number of hydrogen-bond acceptors (Lipinski definition) is 3. The predicted octanol–water partition coefficient (Wildman–Crippen LogP) is 1.85. The van der Waals surface area contributed by atoms with Crippen LogP contribution in [0.25, 0.3) is 0 Å². The molecular weight excluding hydrogens is 178 g/mol. The molecule has 0 heterocycles. The van der Waals surface area contributed by atoms with Gasteiger partial charge in [0.25, 0.3) is 0 Å². The second kappa shape index (κ2) is 4.30. The molecule has 0 amide bonds. The molecule has 0 aromatic heterocycles. The smallest absolute Gasteiger partial charge is 0.313 e. The van der Waals surface area contributed by atoms with Gasteiger partial charge in [0.2, 0.25) is 0 Å². The minimum Gasteiger partial charge on any atom is -0.463 e. The zero-order chi connectivity index (χ0) is 10.8. The highest BCUT2D eigenvalue weighted by atomic mass is 16.5. The Morgan fingerprint density at radius 3 is 2.64 bits per heavy atom. The van der Waals surface area contributed by atoms with Crippen molar-refractivity contribution in [2.45, 2.75) is 58.6 Å². The van der Waals surface area contributed by atoms with E-state index in [0.717, 1.165) is 25.7 Å². The van der Waals surface area contributed by atoms with Crippen LogP contribution in [0.4, 0.5) is 0 Å². The summed E-state index contributed by atoms with van der Waals surface area (Å²) in [5, 5.41) is 0. The van der Waals surface area contributed by atoms with Crippen molar-refractivity contribution in [3.05, 3.63) is 0 Å². The molecule has 0 aliphatic heterocycles. The van der Waals surface area contributed by atoms with Gasteiger partial charge in [-0.2, -0.15) is 0 Å². The maximum absolute atomic E-state index is 11.8. The number of nitrogens with two attached hydrogens (primary N) is 1. The molecule has 14 heavy (non-hydrogen) atoms. The molecule has 0 radical (unpaired) electrons. The van der Waals surface area contributed by atoms with Crippen LogP contribution in [0.2, 0.25) is 0 Å². The van der Waals surface area contributed by atoms with E-state index in [1.807, 2.05) is 20.8 Å². The van der Waals surface area contributed by atoms with Gasteiger partial charge in [0.05, 0.1) is 11.5 Å². The summed E-state index contributed by atoms with van der Waals surface area (Å²) in [7, 11) is 0. The summed E-state index contributed by atoms with van der Waals surface area (Å²) in [4.78, 5) is 11.8. The average Bonchev–Trinajstić information content (AvgIpc) is 2.09. The Kier molecular flexibility index (Phi) is 3.53. The highest BCUT2D eigenvalue weighted by molar-refractivity contribution is 5.77. The van der Waals surface area contributed by atoms with Crippen LogP contribution in [0.1, 0.15) is 46.5 Å². The zero-order valence-corrected chi connectivity index (χ0v) is 9.38. The van der Waals surface area contributed by atoms with E-state index in [9.17, 15) is 4.79 Å². The topological polar surface area (TPSA) is 52.3 Å². The monoisotopic (exact) mass is 199 g/mol. The van der Waals surface area contributed by atoms with E-state index >= 15 is 0 Å². The number of carbonyl (C=O) groups excluding carboxylic acids is 1.